The van der Waals surface area contributed by atoms with Crippen LogP contribution in [0, 0.1) is 20.2 Å². The van der Waals surface area contributed by atoms with Crippen LogP contribution in [0.15, 0.2) is 84.9 Å². The monoisotopic (exact) mass is 407 g/mol. The molecule has 152 valence electrons. The Hall–Kier alpha value is -4.27. The Kier molecular flexibility index (Phi) is 5.73. The maximum Gasteiger partial charge on any atom is 0.425 e. The number of benzene rings is 3. The van der Waals surface area contributed by atoms with Crippen molar-refractivity contribution in [2.45, 2.75) is 12.2 Å². The molecule has 3 aromatic carbocycles. The first kappa shape index (κ1) is 20.5. The standard InChI is InChI=1S/C21H17N3O6/c25-20(26)21(24(29)30,18-13-7-8-14-19(18)23(27)28)22(17-11-5-2-6-12-17)15-16-9-3-1-4-10-16/h1-14H,15H2,(H,25,26). The molecule has 0 radical (unpaired) electrons. The lowest BCUT2D eigenvalue weighted by Gasteiger charge is -2.35. The first-order valence-electron chi connectivity index (χ1n) is 8.87. The molecule has 0 aromatic heterocycles. The summed E-state index contributed by atoms with van der Waals surface area (Å²) < 4.78 is 0. The Morgan fingerprint density at radius 1 is 0.867 bits per heavy atom. The summed E-state index contributed by atoms with van der Waals surface area (Å²) in [5, 5.41) is 34.2. The van der Waals surface area contributed by atoms with Crippen molar-refractivity contribution >= 4 is 17.3 Å². The molecule has 9 nitrogen and oxygen atoms in total. The van der Waals surface area contributed by atoms with Crippen LogP contribution in [0.2, 0.25) is 0 Å². The highest BCUT2D eigenvalue weighted by Crippen LogP contribution is 2.40. The van der Waals surface area contributed by atoms with Crippen molar-refractivity contribution in [3.05, 3.63) is 116 Å². The Morgan fingerprint density at radius 2 is 1.40 bits per heavy atom. The van der Waals surface area contributed by atoms with Crippen LogP contribution in [0.25, 0.3) is 0 Å². The van der Waals surface area contributed by atoms with Crippen molar-refractivity contribution in [2.24, 2.45) is 0 Å². The van der Waals surface area contributed by atoms with Crippen LogP contribution in [0.1, 0.15) is 11.1 Å². The minimum atomic E-state index is -2.93. The molecule has 0 aliphatic heterocycles. The number of anilines is 1. The molecule has 3 rings (SSSR count). The Balaban J connectivity index is 2.35. The minimum absolute atomic E-state index is 0.163. The molecule has 0 bridgehead atoms. The number of nitro benzene ring substituents is 1. The highest BCUT2D eigenvalue weighted by molar-refractivity contribution is 5.85. The molecule has 0 aliphatic rings. The van der Waals surface area contributed by atoms with Crippen molar-refractivity contribution < 1.29 is 19.7 Å². The predicted molar refractivity (Wildman–Crippen MR) is 108 cm³/mol. The smallest absolute Gasteiger partial charge is 0.425 e. The van der Waals surface area contributed by atoms with Gasteiger partial charge in [-0.3, -0.25) is 25.1 Å². The fourth-order valence-corrected chi connectivity index (χ4v) is 3.35. The normalized spacial score (nSPS) is 12.5. The lowest BCUT2D eigenvalue weighted by Crippen LogP contribution is -2.57. The zero-order valence-corrected chi connectivity index (χ0v) is 15.6. The Labute approximate surface area is 171 Å². The van der Waals surface area contributed by atoms with Crippen LogP contribution < -0.4 is 4.90 Å². The summed E-state index contributed by atoms with van der Waals surface area (Å²) in [6, 6.07) is 21.4. The van der Waals surface area contributed by atoms with E-state index in [0.717, 1.165) is 17.0 Å². The SMILES string of the molecule is O=C(O)C(c1ccccc1[N+](=O)[O-])(N(Cc1ccccc1)c1ccccc1)[N+](=O)[O-]. The van der Waals surface area contributed by atoms with Gasteiger partial charge in [0.05, 0.1) is 16.4 Å². The first-order chi connectivity index (χ1) is 14.4. The van der Waals surface area contributed by atoms with Crippen LogP contribution in [0.4, 0.5) is 11.4 Å². The molecule has 9 heteroatoms. The van der Waals surface area contributed by atoms with Gasteiger partial charge < -0.3 is 5.11 Å². The van der Waals surface area contributed by atoms with Gasteiger partial charge >= 0.3 is 11.6 Å². The predicted octanol–water partition coefficient (Wildman–Crippen LogP) is 3.82. The zero-order chi connectivity index (χ0) is 21.7. The van der Waals surface area contributed by atoms with Gasteiger partial charge in [-0.25, -0.2) is 4.79 Å². The lowest BCUT2D eigenvalue weighted by atomic mass is 9.94. The van der Waals surface area contributed by atoms with Gasteiger partial charge in [0.15, 0.2) is 0 Å². The molecule has 1 atom stereocenters. The number of hydrogen-bond donors (Lipinski definition) is 1. The van der Waals surface area contributed by atoms with Gasteiger partial charge in [-0.05, 0) is 23.8 Å². The number of hydrogen-bond acceptors (Lipinski definition) is 6. The molecule has 30 heavy (non-hydrogen) atoms. The average Bonchev–Trinajstić information content (AvgIpc) is 2.74. The fraction of sp³-hybridized carbons (Fsp3) is 0.0952. The molecule has 0 saturated carbocycles. The van der Waals surface area contributed by atoms with E-state index in [1.165, 1.54) is 24.3 Å². The second kappa shape index (κ2) is 8.39. The van der Waals surface area contributed by atoms with Gasteiger partial charge in [0.1, 0.15) is 5.56 Å². The zero-order valence-electron chi connectivity index (χ0n) is 15.6. The molecule has 1 unspecified atom stereocenters. The third-order valence-corrected chi connectivity index (χ3v) is 4.68. The maximum absolute atomic E-state index is 12.5. The number of aliphatic carboxylic acids is 1. The van der Waals surface area contributed by atoms with Crippen LogP contribution in [0.3, 0.4) is 0 Å². The largest absolute Gasteiger partial charge is 0.474 e. The molecule has 0 amide bonds. The molecular weight excluding hydrogens is 390 g/mol. The second-order valence-electron chi connectivity index (χ2n) is 6.42. The Morgan fingerprint density at radius 3 is 1.93 bits per heavy atom. The van der Waals surface area contributed by atoms with E-state index in [2.05, 4.69) is 0 Å². The number of carboxylic acid groups (broad SMARTS) is 1. The topological polar surface area (TPSA) is 127 Å². The third kappa shape index (κ3) is 3.55. The summed E-state index contributed by atoms with van der Waals surface area (Å²) in [4.78, 5) is 35.8. The van der Waals surface area contributed by atoms with E-state index in [1.54, 1.807) is 48.5 Å². The summed E-state index contributed by atoms with van der Waals surface area (Å²) in [5.41, 5.74) is -3.27. The summed E-state index contributed by atoms with van der Waals surface area (Å²) in [6.45, 7) is -0.163. The van der Waals surface area contributed by atoms with Gasteiger partial charge in [0, 0.05) is 11.8 Å². The summed E-state index contributed by atoms with van der Waals surface area (Å²) in [7, 11) is 0. The van der Waals surface area contributed by atoms with Gasteiger partial charge in [0.25, 0.3) is 5.69 Å². The van der Waals surface area contributed by atoms with Crippen molar-refractivity contribution in [3.8, 4) is 0 Å². The van der Waals surface area contributed by atoms with E-state index >= 15 is 0 Å². The lowest BCUT2D eigenvalue weighted by molar-refractivity contribution is -0.564. The molecular formula is C21H17N3O6. The van der Waals surface area contributed by atoms with Gasteiger partial charge in [-0.1, -0.05) is 60.7 Å². The van der Waals surface area contributed by atoms with E-state index in [-0.39, 0.29) is 12.2 Å². The van der Waals surface area contributed by atoms with Gasteiger partial charge in [0.2, 0.25) is 0 Å². The van der Waals surface area contributed by atoms with E-state index in [0.29, 0.717) is 5.56 Å². The molecule has 0 saturated heterocycles. The Bertz CT molecular complexity index is 1060. The van der Waals surface area contributed by atoms with Crippen LogP contribution in [0.5, 0.6) is 0 Å². The molecule has 0 aliphatic carbocycles. The molecule has 3 aromatic rings. The van der Waals surface area contributed by atoms with E-state index < -0.39 is 32.7 Å². The summed E-state index contributed by atoms with van der Waals surface area (Å²) in [5.74, 6) is -1.83. The van der Waals surface area contributed by atoms with Crippen LogP contribution in [-0.4, -0.2) is 20.9 Å². The van der Waals surface area contributed by atoms with Crippen molar-refractivity contribution in [1.82, 2.24) is 0 Å². The van der Waals surface area contributed by atoms with Gasteiger partial charge in [-0.15, -0.1) is 0 Å². The van der Waals surface area contributed by atoms with E-state index in [9.17, 15) is 30.1 Å². The summed E-state index contributed by atoms with van der Waals surface area (Å²) >= 11 is 0. The quantitative estimate of drug-likeness (QED) is 0.342. The summed E-state index contributed by atoms with van der Waals surface area (Å²) in [6.07, 6.45) is 0. The van der Waals surface area contributed by atoms with Crippen molar-refractivity contribution in [2.75, 3.05) is 4.90 Å². The highest BCUT2D eigenvalue weighted by atomic mass is 16.6. The number of rotatable bonds is 8. The molecule has 0 heterocycles. The average molecular weight is 407 g/mol. The number of nitrogens with zero attached hydrogens (tertiary/aromatic N) is 3. The van der Waals surface area contributed by atoms with E-state index in [4.69, 9.17) is 0 Å². The van der Waals surface area contributed by atoms with Crippen LogP contribution in [-0.2, 0) is 17.0 Å². The van der Waals surface area contributed by atoms with Gasteiger partial charge in [-0.2, -0.15) is 0 Å². The minimum Gasteiger partial charge on any atom is -0.474 e. The van der Waals surface area contributed by atoms with Crippen molar-refractivity contribution in [1.29, 1.82) is 0 Å². The number of carboxylic acids is 1. The number of nitro groups is 2. The molecule has 0 spiro atoms. The first-order valence-corrected chi connectivity index (χ1v) is 8.87. The molecule has 0 fully saturated rings. The fourth-order valence-electron chi connectivity index (χ4n) is 3.35. The van der Waals surface area contributed by atoms with Crippen molar-refractivity contribution in [3.63, 3.8) is 0 Å². The molecule has 1 N–H and O–H groups in total. The number of para-hydroxylation sites is 2. The highest BCUT2D eigenvalue weighted by Gasteiger charge is 2.62. The maximum atomic E-state index is 12.5. The van der Waals surface area contributed by atoms with E-state index in [1.807, 2.05) is 0 Å². The second-order valence-corrected chi connectivity index (χ2v) is 6.42. The number of carbonyl (C=O) groups is 1. The van der Waals surface area contributed by atoms with Crippen LogP contribution >= 0.6 is 0 Å². The third-order valence-electron chi connectivity index (χ3n) is 4.68.